The monoisotopic (exact) mass is 240 g/mol. The molecule has 1 saturated heterocycles. The zero-order valence-electron chi connectivity index (χ0n) is 11.6. The molecule has 3 unspecified atom stereocenters. The van der Waals surface area contributed by atoms with Crippen molar-refractivity contribution in [2.75, 3.05) is 33.4 Å². The summed E-state index contributed by atoms with van der Waals surface area (Å²) in [6, 6.07) is 1.44. The van der Waals surface area contributed by atoms with Crippen LogP contribution in [0.15, 0.2) is 0 Å². The SMILES string of the molecule is CCC(C)C1CN(CCOC)C(C2CC2)CN1. The molecule has 1 aliphatic carbocycles. The van der Waals surface area contributed by atoms with Crippen LogP contribution in [0, 0.1) is 11.8 Å². The molecule has 1 saturated carbocycles. The molecule has 2 fully saturated rings. The molecule has 0 radical (unpaired) electrons. The molecule has 17 heavy (non-hydrogen) atoms. The molecular formula is C14H28N2O. The van der Waals surface area contributed by atoms with Crippen LogP contribution in [-0.2, 0) is 4.74 Å². The molecule has 3 atom stereocenters. The molecular weight excluding hydrogens is 212 g/mol. The highest BCUT2D eigenvalue weighted by atomic mass is 16.5. The van der Waals surface area contributed by atoms with Gasteiger partial charge in [-0.1, -0.05) is 20.3 Å². The predicted molar refractivity (Wildman–Crippen MR) is 71.2 cm³/mol. The topological polar surface area (TPSA) is 24.5 Å². The summed E-state index contributed by atoms with van der Waals surface area (Å²) in [6.45, 7) is 9.02. The zero-order valence-corrected chi connectivity index (χ0v) is 11.6. The first-order valence-corrected chi connectivity index (χ1v) is 7.22. The molecule has 3 nitrogen and oxygen atoms in total. The van der Waals surface area contributed by atoms with Crippen molar-refractivity contribution in [2.45, 2.75) is 45.2 Å². The lowest BCUT2D eigenvalue weighted by atomic mass is 9.94. The Morgan fingerprint density at radius 3 is 2.76 bits per heavy atom. The highest BCUT2D eigenvalue weighted by Crippen LogP contribution is 2.36. The lowest BCUT2D eigenvalue weighted by Gasteiger charge is -2.42. The fourth-order valence-electron chi connectivity index (χ4n) is 2.93. The lowest BCUT2D eigenvalue weighted by Crippen LogP contribution is -2.59. The van der Waals surface area contributed by atoms with Crippen LogP contribution in [0.2, 0.25) is 0 Å². The smallest absolute Gasteiger partial charge is 0.0589 e. The molecule has 0 aromatic heterocycles. The summed E-state index contributed by atoms with van der Waals surface area (Å²) in [6.07, 6.45) is 4.14. The number of piperazine rings is 1. The van der Waals surface area contributed by atoms with Crippen molar-refractivity contribution in [2.24, 2.45) is 11.8 Å². The van der Waals surface area contributed by atoms with Crippen molar-refractivity contribution >= 4 is 0 Å². The van der Waals surface area contributed by atoms with E-state index in [4.69, 9.17) is 4.74 Å². The van der Waals surface area contributed by atoms with Gasteiger partial charge in [0.15, 0.2) is 0 Å². The maximum atomic E-state index is 5.25. The van der Waals surface area contributed by atoms with E-state index in [1.807, 2.05) is 0 Å². The average molecular weight is 240 g/mol. The summed E-state index contributed by atoms with van der Waals surface area (Å²) < 4.78 is 5.25. The molecule has 0 aromatic rings. The first kappa shape index (κ1) is 13.3. The minimum Gasteiger partial charge on any atom is -0.383 e. The second kappa shape index (κ2) is 6.17. The summed E-state index contributed by atoms with van der Waals surface area (Å²) in [5.74, 6) is 1.73. The summed E-state index contributed by atoms with van der Waals surface area (Å²) >= 11 is 0. The maximum Gasteiger partial charge on any atom is 0.0589 e. The van der Waals surface area contributed by atoms with E-state index in [9.17, 15) is 0 Å². The molecule has 100 valence electrons. The third-order valence-corrected chi connectivity index (χ3v) is 4.57. The van der Waals surface area contributed by atoms with Crippen LogP contribution in [0.3, 0.4) is 0 Å². The van der Waals surface area contributed by atoms with Gasteiger partial charge in [0.25, 0.3) is 0 Å². The van der Waals surface area contributed by atoms with Gasteiger partial charge in [-0.25, -0.2) is 0 Å². The number of hydrogen-bond donors (Lipinski definition) is 1. The van der Waals surface area contributed by atoms with Crippen molar-refractivity contribution in [3.63, 3.8) is 0 Å². The van der Waals surface area contributed by atoms with Crippen LogP contribution in [0.1, 0.15) is 33.1 Å². The summed E-state index contributed by atoms with van der Waals surface area (Å²) in [5, 5.41) is 3.77. The standard InChI is InChI=1S/C14H28N2O/c1-4-11(2)13-10-16(7-8-17-3)14(9-15-13)12-5-6-12/h11-15H,4-10H2,1-3H3. The van der Waals surface area contributed by atoms with Gasteiger partial charge < -0.3 is 10.1 Å². The van der Waals surface area contributed by atoms with Gasteiger partial charge in [-0.15, -0.1) is 0 Å². The summed E-state index contributed by atoms with van der Waals surface area (Å²) in [4.78, 5) is 2.68. The van der Waals surface area contributed by atoms with Crippen molar-refractivity contribution in [3.8, 4) is 0 Å². The van der Waals surface area contributed by atoms with E-state index in [-0.39, 0.29) is 0 Å². The van der Waals surface area contributed by atoms with Crippen molar-refractivity contribution < 1.29 is 4.74 Å². The number of methoxy groups -OCH3 is 1. The number of hydrogen-bond acceptors (Lipinski definition) is 3. The molecule has 0 aromatic carbocycles. The molecule has 3 heteroatoms. The van der Waals surface area contributed by atoms with E-state index >= 15 is 0 Å². The van der Waals surface area contributed by atoms with Gasteiger partial charge in [0.05, 0.1) is 6.61 Å². The Labute approximate surface area is 106 Å². The quantitative estimate of drug-likeness (QED) is 0.765. The van der Waals surface area contributed by atoms with Gasteiger partial charge in [-0.3, -0.25) is 4.90 Å². The van der Waals surface area contributed by atoms with Gasteiger partial charge in [0.2, 0.25) is 0 Å². The van der Waals surface area contributed by atoms with Crippen LogP contribution in [0.5, 0.6) is 0 Å². The molecule has 2 aliphatic rings. The zero-order chi connectivity index (χ0) is 12.3. The average Bonchev–Trinajstić information content (AvgIpc) is 3.19. The second-order valence-electron chi connectivity index (χ2n) is 5.79. The van der Waals surface area contributed by atoms with Crippen LogP contribution in [0.25, 0.3) is 0 Å². The Hall–Kier alpha value is -0.120. The molecule has 0 amide bonds. The minimum absolute atomic E-state index is 0.673. The molecule has 0 spiro atoms. The highest BCUT2D eigenvalue weighted by molar-refractivity contribution is 4.95. The Morgan fingerprint density at radius 1 is 1.41 bits per heavy atom. The van der Waals surface area contributed by atoms with Gasteiger partial charge in [0, 0.05) is 38.8 Å². The number of rotatable bonds is 6. The fourth-order valence-corrected chi connectivity index (χ4v) is 2.93. The van der Waals surface area contributed by atoms with Crippen LogP contribution < -0.4 is 5.32 Å². The van der Waals surface area contributed by atoms with Gasteiger partial charge in [-0.2, -0.15) is 0 Å². The van der Waals surface area contributed by atoms with Crippen LogP contribution in [-0.4, -0.2) is 50.3 Å². The van der Waals surface area contributed by atoms with Gasteiger partial charge in [-0.05, 0) is 24.7 Å². The van der Waals surface area contributed by atoms with E-state index < -0.39 is 0 Å². The van der Waals surface area contributed by atoms with Crippen molar-refractivity contribution in [3.05, 3.63) is 0 Å². The predicted octanol–water partition coefficient (Wildman–Crippen LogP) is 1.73. The van der Waals surface area contributed by atoms with Gasteiger partial charge in [0.1, 0.15) is 0 Å². The first-order chi connectivity index (χ1) is 8.26. The van der Waals surface area contributed by atoms with E-state index in [0.29, 0.717) is 6.04 Å². The van der Waals surface area contributed by atoms with E-state index in [1.165, 1.54) is 32.4 Å². The lowest BCUT2D eigenvalue weighted by molar-refractivity contribution is 0.0653. The Balaban J connectivity index is 1.89. The Bertz CT molecular complexity index is 230. The third-order valence-electron chi connectivity index (χ3n) is 4.57. The molecule has 1 aliphatic heterocycles. The normalized spacial score (nSPS) is 32.6. The first-order valence-electron chi connectivity index (χ1n) is 7.22. The largest absolute Gasteiger partial charge is 0.383 e. The molecule has 0 bridgehead atoms. The van der Waals surface area contributed by atoms with Crippen molar-refractivity contribution in [1.29, 1.82) is 0 Å². The van der Waals surface area contributed by atoms with E-state index in [0.717, 1.165) is 31.0 Å². The minimum atomic E-state index is 0.673. The maximum absolute atomic E-state index is 5.25. The molecule has 1 heterocycles. The Kier molecular flexibility index (Phi) is 4.83. The second-order valence-corrected chi connectivity index (χ2v) is 5.79. The van der Waals surface area contributed by atoms with Gasteiger partial charge >= 0.3 is 0 Å². The van der Waals surface area contributed by atoms with E-state index in [2.05, 4.69) is 24.1 Å². The Morgan fingerprint density at radius 2 is 2.18 bits per heavy atom. The highest BCUT2D eigenvalue weighted by Gasteiger charge is 2.39. The van der Waals surface area contributed by atoms with Crippen molar-refractivity contribution in [1.82, 2.24) is 10.2 Å². The molecule has 2 rings (SSSR count). The third kappa shape index (κ3) is 3.43. The van der Waals surface area contributed by atoms with Crippen LogP contribution >= 0.6 is 0 Å². The number of nitrogens with one attached hydrogen (secondary N) is 1. The summed E-state index contributed by atoms with van der Waals surface area (Å²) in [7, 11) is 1.81. The summed E-state index contributed by atoms with van der Waals surface area (Å²) in [5.41, 5.74) is 0. The fraction of sp³-hybridized carbons (Fsp3) is 1.00. The van der Waals surface area contributed by atoms with Crippen LogP contribution in [0.4, 0.5) is 0 Å². The van der Waals surface area contributed by atoms with E-state index in [1.54, 1.807) is 7.11 Å². The number of ether oxygens (including phenoxy) is 1. The molecule has 1 N–H and O–H groups in total. The number of nitrogens with zero attached hydrogens (tertiary/aromatic N) is 1.